The molecule has 0 aliphatic heterocycles. The minimum absolute atomic E-state index is 0.156. The molecule has 5 heteroatoms. The van der Waals surface area contributed by atoms with Crippen molar-refractivity contribution in [1.82, 2.24) is 5.06 Å². The van der Waals surface area contributed by atoms with E-state index in [0.29, 0.717) is 13.0 Å². The Morgan fingerprint density at radius 3 is 2.31 bits per heavy atom. The van der Waals surface area contributed by atoms with Crippen LogP contribution in [0.25, 0.3) is 0 Å². The van der Waals surface area contributed by atoms with Gasteiger partial charge in [0, 0.05) is 6.42 Å². The summed E-state index contributed by atoms with van der Waals surface area (Å²) in [6, 6.07) is 0. The molecule has 1 amide bonds. The minimum Gasteiger partial charge on any atom is -0.465 e. The largest absolute Gasteiger partial charge is 0.465 e. The van der Waals surface area contributed by atoms with Crippen molar-refractivity contribution in [2.75, 3.05) is 20.3 Å². The van der Waals surface area contributed by atoms with Crippen LogP contribution in [0.2, 0.25) is 0 Å². The van der Waals surface area contributed by atoms with Crippen molar-refractivity contribution >= 4 is 11.9 Å². The van der Waals surface area contributed by atoms with Gasteiger partial charge in [0.1, 0.15) is 6.54 Å². The number of esters is 1. The van der Waals surface area contributed by atoms with Crippen LogP contribution < -0.4 is 0 Å². The second kappa shape index (κ2) is 6.42. The third-order valence-electron chi connectivity index (χ3n) is 1.38. The zero-order valence-corrected chi connectivity index (χ0v) is 8.20. The molecule has 0 aromatic carbocycles. The van der Waals surface area contributed by atoms with Crippen molar-refractivity contribution in [3.8, 4) is 0 Å². The summed E-state index contributed by atoms with van der Waals surface area (Å²) < 4.78 is 4.66. The summed E-state index contributed by atoms with van der Waals surface area (Å²) in [5.41, 5.74) is 0. The third-order valence-corrected chi connectivity index (χ3v) is 1.38. The van der Waals surface area contributed by atoms with Crippen LogP contribution in [0.1, 0.15) is 20.3 Å². The molecule has 0 bridgehead atoms. The first-order valence-corrected chi connectivity index (χ1v) is 4.15. The first-order valence-electron chi connectivity index (χ1n) is 4.15. The van der Waals surface area contributed by atoms with E-state index in [1.54, 1.807) is 13.8 Å². The van der Waals surface area contributed by atoms with Crippen LogP contribution in [0.15, 0.2) is 0 Å². The number of rotatable bonds is 5. The van der Waals surface area contributed by atoms with Gasteiger partial charge in [-0.05, 0) is 6.92 Å². The van der Waals surface area contributed by atoms with E-state index < -0.39 is 5.97 Å². The van der Waals surface area contributed by atoms with Gasteiger partial charge in [0.15, 0.2) is 0 Å². The smallest absolute Gasteiger partial charge is 0.328 e. The highest BCUT2D eigenvalue weighted by Crippen LogP contribution is 1.94. The molecule has 0 radical (unpaired) electrons. The minimum atomic E-state index is -0.467. The van der Waals surface area contributed by atoms with Gasteiger partial charge >= 0.3 is 5.97 Å². The maximum absolute atomic E-state index is 11.1. The van der Waals surface area contributed by atoms with Crippen molar-refractivity contribution in [1.29, 1.82) is 0 Å². The van der Waals surface area contributed by atoms with Gasteiger partial charge in [-0.2, -0.15) is 0 Å². The summed E-state index contributed by atoms with van der Waals surface area (Å²) in [5, 5.41) is 0.984. The highest BCUT2D eigenvalue weighted by molar-refractivity contribution is 5.80. The van der Waals surface area contributed by atoms with E-state index in [1.165, 1.54) is 7.11 Å². The molecule has 0 fully saturated rings. The number of carbonyl (C=O) groups is 2. The van der Waals surface area contributed by atoms with Crippen LogP contribution in [0.3, 0.4) is 0 Å². The Morgan fingerprint density at radius 2 is 1.92 bits per heavy atom. The third kappa shape index (κ3) is 4.47. The number of nitrogens with zero attached hydrogens (tertiary/aromatic N) is 1. The lowest BCUT2D eigenvalue weighted by atomic mass is 10.4. The van der Waals surface area contributed by atoms with Crippen molar-refractivity contribution in [2.24, 2.45) is 0 Å². The molecule has 13 heavy (non-hydrogen) atoms. The standard InChI is InChI=1S/C8H15NO4/c1-4-7(10)9(12-3)6-8(11)13-5-2/h4-6H2,1-3H3. The van der Waals surface area contributed by atoms with Gasteiger partial charge in [-0.15, -0.1) is 0 Å². The molecule has 0 aromatic heterocycles. The summed E-state index contributed by atoms with van der Waals surface area (Å²) in [7, 11) is 1.34. The molecular formula is C8H15NO4. The molecule has 0 aliphatic rings. The molecule has 0 saturated heterocycles. The quantitative estimate of drug-likeness (QED) is 0.462. The van der Waals surface area contributed by atoms with Crippen LogP contribution in [0.5, 0.6) is 0 Å². The molecule has 0 atom stereocenters. The van der Waals surface area contributed by atoms with Gasteiger partial charge < -0.3 is 4.74 Å². The van der Waals surface area contributed by atoms with Gasteiger partial charge in [-0.1, -0.05) is 6.92 Å². The van der Waals surface area contributed by atoms with Gasteiger partial charge in [0.2, 0.25) is 5.91 Å². The fourth-order valence-electron chi connectivity index (χ4n) is 0.755. The number of carbonyl (C=O) groups excluding carboxylic acids is 2. The molecule has 0 aromatic rings. The van der Waals surface area contributed by atoms with Gasteiger partial charge in [-0.25, -0.2) is 5.06 Å². The second-order valence-electron chi connectivity index (χ2n) is 2.27. The van der Waals surface area contributed by atoms with E-state index in [2.05, 4.69) is 4.74 Å². The highest BCUT2D eigenvalue weighted by atomic mass is 16.7. The number of amides is 1. The lowest BCUT2D eigenvalue weighted by molar-refractivity contribution is -0.184. The SMILES string of the molecule is CCOC(=O)CN(OC)C(=O)CC. The number of ether oxygens (including phenoxy) is 1. The van der Waals surface area contributed by atoms with Gasteiger partial charge in [-0.3, -0.25) is 14.4 Å². The van der Waals surface area contributed by atoms with E-state index in [0.717, 1.165) is 5.06 Å². The Balaban J connectivity index is 3.97. The van der Waals surface area contributed by atoms with Crippen molar-refractivity contribution in [3.63, 3.8) is 0 Å². The Morgan fingerprint density at radius 1 is 1.31 bits per heavy atom. The van der Waals surface area contributed by atoms with E-state index in [1.807, 2.05) is 0 Å². The van der Waals surface area contributed by atoms with Gasteiger partial charge in [0.25, 0.3) is 0 Å². The zero-order chi connectivity index (χ0) is 10.3. The lowest BCUT2D eigenvalue weighted by Crippen LogP contribution is -2.35. The van der Waals surface area contributed by atoms with E-state index >= 15 is 0 Å². The number of hydrogen-bond donors (Lipinski definition) is 0. The monoisotopic (exact) mass is 189 g/mol. The average Bonchev–Trinajstić information content (AvgIpc) is 2.13. The average molecular weight is 189 g/mol. The fourth-order valence-corrected chi connectivity index (χ4v) is 0.755. The van der Waals surface area contributed by atoms with Crippen molar-refractivity contribution in [2.45, 2.75) is 20.3 Å². The molecule has 76 valence electrons. The molecule has 0 N–H and O–H groups in total. The fraction of sp³-hybridized carbons (Fsp3) is 0.750. The van der Waals surface area contributed by atoms with Crippen molar-refractivity contribution < 1.29 is 19.2 Å². The van der Waals surface area contributed by atoms with E-state index in [9.17, 15) is 9.59 Å². The Bertz CT molecular complexity index is 181. The van der Waals surface area contributed by atoms with Crippen LogP contribution in [-0.2, 0) is 19.2 Å². The topological polar surface area (TPSA) is 55.8 Å². The molecule has 0 unspecified atom stereocenters. The van der Waals surface area contributed by atoms with Crippen LogP contribution >= 0.6 is 0 Å². The zero-order valence-electron chi connectivity index (χ0n) is 8.20. The molecule has 0 spiro atoms. The van der Waals surface area contributed by atoms with E-state index in [-0.39, 0.29) is 12.5 Å². The summed E-state index contributed by atoms with van der Waals surface area (Å²) in [5.74, 6) is -0.707. The normalized spacial score (nSPS) is 9.46. The maximum Gasteiger partial charge on any atom is 0.328 e. The summed E-state index contributed by atoms with van der Waals surface area (Å²) >= 11 is 0. The molecule has 0 saturated carbocycles. The predicted octanol–water partition coefficient (Wildman–Crippen LogP) is 0.349. The van der Waals surface area contributed by atoms with E-state index in [4.69, 9.17) is 4.84 Å². The van der Waals surface area contributed by atoms with Gasteiger partial charge in [0.05, 0.1) is 13.7 Å². The lowest BCUT2D eigenvalue weighted by Gasteiger charge is -2.17. The summed E-state index contributed by atoms with van der Waals surface area (Å²) in [4.78, 5) is 26.7. The maximum atomic E-state index is 11.1. The van der Waals surface area contributed by atoms with Crippen LogP contribution in [0, 0.1) is 0 Å². The Labute approximate surface area is 77.6 Å². The number of hydroxylamine groups is 2. The molecule has 5 nitrogen and oxygen atoms in total. The first-order chi connectivity index (χ1) is 6.15. The molecular weight excluding hydrogens is 174 g/mol. The molecule has 0 aliphatic carbocycles. The number of hydrogen-bond acceptors (Lipinski definition) is 4. The van der Waals surface area contributed by atoms with Crippen LogP contribution in [-0.4, -0.2) is 37.2 Å². The summed E-state index contributed by atoms with van der Waals surface area (Å²) in [6.45, 7) is 3.55. The second-order valence-corrected chi connectivity index (χ2v) is 2.27. The Kier molecular flexibility index (Phi) is 5.88. The highest BCUT2D eigenvalue weighted by Gasteiger charge is 2.15. The predicted molar refractivity (Wildman–Crippen MR) is 45.6 cm³/mol. The van der Waals surface area contributed by atoms with Crippen LogP contribution in [0.4, 0.5) is 0 Å². The first kappa shape index (κ1) is 11.9. The molecule has 0 rings (SSSR count). The Hall–Kier alpha value is -1.10. The summed E-state index contributed by atoms with van der Waals surface area (Å²) in [6.07, 6.45) is 0.299. The van der Waals surface area contributed by atoms with Crippen molar-refractivity contribution in [3.05, 3.63) is 0 Å². The molecule has 0 heterocycles.